The van der Waals surface area contributed by atoms with Gasteiger partial charge in [-0.15, -0.1) is 0 Å². The van der Waals surface area contributed by atoms with Gasteiger partial charge in [-0.2, -0.15) is 0 Å². The van der Waals surface area contributed by atoms with Gasteiger partial charge in [0.15, 0.2) is 11.5 Å². The van der Waals surface area contributed by atoms with Gasteiger partial charge >= 0.3 is 6.09 Å². The van der Waals surface area contributed by atoms with Crippen LogP contribution in [0, 0.1) is 0 Å². The summed E-state index contributed by atoms with van der Waals surface area (Å²) in [6, 6.07) is 12.0. The summed E-state index contributed by atoms with van der Waals surface area (Å²) in [7, 11) is 0. The van der Waals surface area contributed by atoms with Crippen LogP contribution in [0.25, 0.3) is 0 Å². The molecular weight excluding hydrogens is 378 g/mol. The number of benzene rings is 2. The van der Waals surface area contributed by atoms with Gasteiger partial charge in [0.1, 0.15) is 12.7 Å². The molecule has 29 heavy (non-hydrogen) atoms. The molecule has 0 aliphatic carbocycles. The van der Waals surface area contributed by atoms with Gasteiger partial charge in [-0.3, -0.25) is 19.4 Å². The molecule has 1 fully saturated rings. The number of amides is 3. The zero-order valence-corrected chi connectivity index (χ0v) is 15.6. The van der Waals surface area contributed by atoms with Crippen molar-refractivity contribution in [3.05, 3.63) is 42.5 Å². The Labute approximate surface area is 166 Å². The van der Waals surface area contributed by atoms with E-state index in [0.717, 1.165) is 0 Å². The molecule has 0 aromatic heterocycles. The van der Waals surface area contributed by atoms with Crippen molar-refractivity contribution in [1.82, 2.24) is 5.32 Å². The quantitative estimate of drug-likeness (QED) is 0.816. The predicted octanol–water partition coefficient (Wildman–Crippen LogP) is 1.91. The van der Waals surface area contributed by atoms with Crippen LogP contribution in [0.5, 0.6) is 11.5 Å². The third-order valence-electron chi connectivity index (χ3n) is 4.66. The number of hydrogen-bond donors (Lipinski definition) is 2. The molecule has 0 saturated carbocycles. The number of rotatable bonds is 4. The van der Waals surface area contributed by atoms with Crippen LogP contribution in [0.3, 0.4) is 0 Å². The molecule has 2 aromatic rings. The maximum atomic E-state index is 12.4. The van der Waals surface area contributed by atoms with Crippen LogP contribution >= 0.6 is 0 Å². The van der Waals surface area contributed by atoms with Crippen LogP contribution in [0.4, 0.5) is 21.9 Å². The minimum atomic E-state index is -0.654. The van der Waals surface area contributed by atoms with E-state index in [-0.39, 0.29) is 19.0 Å². The third-order valence-corrected chi connectivity index (χ3v) is 4.66. The first-order valence-electron chi connectivity index (χ1n) is 9.05. The standard InChI is InChI=1S/C20H19N3O6/c1-12(25)21-9-14-10-22(20(27)28-14)13-6-7-16-18(8-13)29-17-5-3-2-4-15(17)23(16)19(26)11-24/h2-8,14,24H,9-11H2,1H3,(H,21,25)/t14-/m0/s1. The Morgan fingerprint density at radius 3 is 2.69 bits per heavy atom. The summed E-state index contributed by atoms with van der Waals surface area (Å²) in [5, 5.41) is 12.0. The normalized spacial score (nSPS) is 17.2. The molecule has 9 heteroatoms. The van der Waals surface area contributed by atoms with Crippen LogP contribution in [0.2, 0.25) is 0 Å². The van der Waals surface area contributed by atoms with Crippen molar-refractivity contribution in [2.75, 3.05) is 29.5 Å². The Balaban J connectivity index is 1.63. The number of para-hydroxylation sites is 2. The Morgan fingerprint density at radius 1 is 1.17 bits per heavy atom. The van der Waals surface area contributed by atoms with Crippen molar-refractivity contribution in [2.45, 2.75) is 13.0 Å². The molecule has 1 saturated heterocycles. The SMILES string of the molecule is CC(=O)NC[C@H]1CN(c2ccc3c(c2)Oc2ccccc2N3C(=O)CO)C(=O)O1. The average Bonchev–Trinajstić information content (AvgIpc) is 3.10. The number of aliphatic hydroxyl groups is 1. The molecule has 2 aliphatic rings. The van der Waals surface area contributed by atoms with Crippen molar-refractivity contribution in [1.29, 1.82) is 0 Å². The van der Waals surface area contributed by atoms with Gasteiger partial charge in [-0.05, 0) is 24.3 Å². The Hall–Kier alpha value is -3.59. The van der Waals surface area contributed by atoms with E-state index in [1.165, 1.54) is 16.7 Å². The number of nitrogens with one attached hydrogen (secondary N) is 1. The second-order valence-corrected chi connectivity index (χ2v) is 6.66. The summed E-state index contributed by atoms with van der Waals surface area (Å²) in [6.45, 7) is 1.24. The third kappa shape index (κ3) is 3.47. The monoisotopic (exact) mass is 397 g/mol. The molecule has 2 heterocycles. The van der Waals surface area contributed by atoms with E-state index in [1.54, 1.807) is 42.5 Å². The molecule has 2 aliphatic heterocycles. The molecule has 0 unspecified atom stereocenters. The number of carbonyl (C=O) groups excluding carboxylic acids is 3. The zero-order valence-electron chi connectivity index (χ0n) is 15.6. The summed E-state index contributed by atoms with van der Waals surface area (Å²) < 4.78 is 11.2. The Kier molecular flexibility index (Phi) is 4.81. The molecule has 2 aromatic carbocycles. The molecule has 0 spiro atoms. The molecule has 9 nitrogen and oxygen atoms in total. The van der Waals surface area contributed by atoms with E-state index in [1.807, 2.05) is 0 Å². The largest absolute Gasteiger partial charge is 0.453 e. The molecular formula is C20H19N3O6. The molecule has 4 rings (SSSR count). The van der Waals surface area contributed by atoms with Crippen molar-refractivity contribution in [3.63, 3.8) is 0 Å². The molecule has 150 valence electrons. The maximum absolute atomic E-state index is 12.4. The fourth-order valence-corrected chi connectivity index (χ4v) is 3.35. The molecule has 3 amide bonds. The zero-order chi connectivity index (χ0) is 20.5. The fraction of sp³-hybridized carbons (Fsp3) is 0.250. The second kappa shape index (κ2) is 7.44. The molecule has 1 atom stereocenters. The highest BCUT2D eigenvalue weighted by Crippen LogP contribution is 2.47. The van der Waals surface area contributed by atoms with Crippen molar-refractivity contribution in [2.24, 2.45) is 0 Å². The highest BCUT2D eigenvalue weighted by molar-refractivity contribution is 6.05. The van der Waals surface area contributed by atoms with E-state index in [4.69, 9.17) is 9.47 Å². The lowest BCUT2D eigenvalue weighted by Gasteiger charge is -2.31. The lowest BCUT2D eigenvalue weighted by atomic mass is 10.1. The van der Waals surface area contributed by atoms with Gasteiger partial charge < -0.3 is 19.9 Å². The summed E-state index contributed by atoms with van der Waals surface area (Å²) in [5.74, 6) is 0.146. The minimum absolute atomic E-state index is 0.200. The first-order chi connectivity index (χ1) is 14.0. The highest BCUT2D eigenvalue weighted by Gasteiger charge is 2.34. The smallest absolute Gasteiger partial charge is 0.414 e. The summed E-state index contributed by atoms with van der Waals surface area (Å²) in [4.78, 5) is 38.5. The Bertz CT molecular complexity index is 992. The average molecular weight is 397 g/mol. The lowest BCUT2D eigenvalue weighted by molar-refractivity contribution is -0.120. The number of cyclic esters (lactones) is 1. The summed E-state index contributed by atoms with van der Waals surface area (Å²) in [5.41, 5.74) is 1.53. The van der Waals surface area contributed by atoms with Crippen LogP contribution in [-0.4, -0.2) is 48.8 Å². The van der Waals surface area contributed by atoms with E-state index in [9.17, 15) is 19.5 Å². The highest BCUT2D eigenvalue weighted by atomic mass is 16.6. The number of carbonyl (C=O) groups is 3. The van der Waals surface area contributed by atoms with E-state index in [2.05, 4.69) is 5.32 Å². The van der Waals surface area contributed by atoms with Crippen LogP contribution in [-0.2, 0) is 14.3 Å². The van der Waals surface area contributed by atoms with Crippen molar-refractivity contribution < 1.29 is 29.0 Å². The van der Waals surface area contributed by atoms with Gasteiger partial charge in [0.05, 0.1) is 30.2 Å². The van der Waals surface area contributed by atoms with Gasteiger partial charge in [0.2, 0.25) is 5.91 Å². The van der Waals surface area contributed by atoms with E-state index < -0.39 is 24.7 Å². The lowest BCUT2D eigenvalue weighted by Crippen LogP contribution is -2.33. The van der Waals surface area contributed by atoms with Crippen LogP contribution in [0.1, 0.15) is 6.92 Å². The topological polar surface area (TPSA) is 108 Å². The first-order valence-corrected chi connectivity index (χ1v) is 9.05. The van der Waals surface area contributed by atoms with Gasteiger partial charge in [0, 0.05) is 13.0 Å². The van der Waals surface area contributed by atoms with Crippen molar-refractivity contribution >= 4 is 35.0 Å². The molecule has 0 radical (unpaired) electrons. The number of ether oxygens (including phenoxy) is 2. The van der Waals surface area contributed by atoms with Crippen LogP contribution < -0.4 is 19.9 Å². The summed E-state index contributed by atoms with van der Waals surface area (Å²) >= 11 is 0. The van der Waals surface area contributed by atoms with E-state index in [0.29, 0.717) is 28.6 Å². The Morgan fingerprint density at radius 2 is 1.93 bits per heavy atom. The van der Waals surface area contributed by atoms with E-state index >= 15 is 0 Å². The van der Waals surface area contributed by atoms with Crippen molar-refractivity contribution in [3.8, 4) is 11.5 Å². The minimum Gasteiger partial charge on any atom is -0.453 e. The number of aliphatic hydroxyl groups excluding tert-OH is 1. The fourth-order valence-electron chi connectivity index (χ4n) is 3.35. The maximum Gasteiger partial charge on any atom is 0.414 e. The van der Waals surface area contributed by atoms with Gasteiger partial charge in [-0.1, -0.05) is 12.1 Å². The number of fused-ring (bicyclic) bond motifs is 2. The molecule has 0 bridgehead atoms. The molecule has 2 N–H and O–H groups in total. The number of nitrogens with zero attached hydrogens (tertiary/aromatic N) is 2. The summed E-state index contributed by atoms with van der Waals surface area (Å²) in [6.07, 6.45) is -0.989. The number of anilines is 3. The number of hydrogen-bond acceptors (Lipinski definition) is 6. The van der Waals surface area contributed by atoms with Crippen LogP contribution in [0.15, 0.2) is 42.5 Å². The predicted molar refractivity (Wildman–Crippen MR) is 103 cm³/mol. The van der Waals surface area contributed by atoms with Gasteiger partial charge in [-0.25, -0.2) is 4.79 Å². The first kappa shape index (κ1) is 18.8. The second-order valence-electron chi connectivity index (χ2n) is 6.66. The van der Waals surface area contributed by atoms with Gasteiger partial charge in [0.25, 0.3) is 5.91 Å².